The van der Waals surface area contributed by atoms with E-state index in [4.69, 9.17) is 5.73 Å². The van der Waals surface area contributed by atoms with Crippen molar-refractivity contribution in [1.29, 1.82) is 0 Å². The van der Waals surface area contributed by atoms with E-state index in [1.165, 1.54) is 0 Å². The number of nitrogens with two attached hydrogens (primary N) is 1. The van der Waals surface area contributed by atoms with Crippen molar-refractivity contribution in [3.8, 4) is 0 Å². The average molecular weight is 288 g/mol. The van der Waals surface area contributed by atoms with Gasteiger partial charge in [0.1, 0.15) is 0 Å². The van der Waals surface area contributed by atoms with E-state index in [2.05, 4.69) is 37.9 Å². The van der Waals surface area contributed by atoms with Crippen molar-refractivity contribution < 1.29 is 0 Å². The summed E-state index contributed by atoms with van der Waals surface area (Å²) in [7, 11) is 2.17. The number of nitrogen functional groups attached to an aromatic ring is 1. The number of piperazine rings is 1. The summed E-state index contributed by atoms with van der Waals surface area (Å²) in [6.45, 7) is 6.56. The van der Waals surface area contributed by atoms with E-state index in [-0.39, 0.29) is 0 Å². The number of halogens is 1. The number of hydrogen-bond donors (Lipinski definition) is 1. The van der Waals surface area contributed by atoms with Gasteiger partial charge < -0.3 is 10.6 Å². The molecule has 1 saturated heterocycles. The van der Waals surface area contributed by atoms with Crippen LogP contribution in [0.1, 0.15) is 0 Å². The second kappa shape index (κ2) is 5.16. The fraction of sp³-hybridized carbons (Fsp3) is 0.700. The molecule has 1 aromatic rings. The standard InChI is InChI=1S/C10H18BrN5/c1-14-2-4-15(5-3-14)6-7-16-8-9(11)10(12)13-16/h8H,2-7H2,1H3,(H2,12,13). The zero-order chi connectivity index (χ0) is 11.5. The van der Waals surface area contributed by atoms with Gasteiger partial charge in [-0.05, 0) is 23.0 Å². The molecule has 0 bridgehead atoms. The van der Waals surface area contributed by atoms with E-state index in [1.807, 2.05) is 10.9 Å². The summed E-state index contributed by atoms with van der Waals surface area (Å²) >= 11 is 3.36. The molecule has 90 valence electrons. The SMILES string of the molecule is CN1CCN(CCn2cc(Br)c(N)n2)CC1. The molecule has 2 rings (SSSR count). The Labute approximate surface area is 104 Å². The quantitative estimate of drug-likeness (QED) is 0.879. The predicted molar refractivity (Wildman–Crippen MR) is 68.3 cm³/mol. The maximum absolute atomic E-state index is 5.67. The lowest BCUT2D eigenvalue weighted by Crippen LogP contribution is -2.45. The van der Waals surface area contributed by atoms with Crippen LogP contribution in [-0.4, -0.2) is 59.4 Å². The van der Waals surface area contributed by atoms with Crippen LogP contribution in [0.3, 0.4) is 0 Å². The molecule has 1 fully saturated rings. The molecule has 0 aromatic carbocycles. The first kappa shape index (κ1) is 11.9. The minimum absolute atomic E-state index is 0.568. The molecular formula is C10H18BrN5. The molecule has 1 aromatic heterocycles. The summed E-state index contributed by atoms with van der Waals surface area (Å²) in [6.07, 6.45) is 1.94. The monoisotopic (exact) mass is 287 g/mol. The molecule has 6 heteroatoms. The van der Waals surface area contributed by atoms with Crippen molar-refractivity contribution in [3.05, 3.63) is 10.7 Å². The zero-order valence-electron chi connectivity index (χ0n) is 9.56. The Morgan fingerprint density at radius 1 is 1.31 bits per heavy atom. The Balaban J connectivity index is 1.79. The van der Waals surface area contributed by atoms with E-state index in [1.54, 1.807) is 0 Å². The van der Waals surface area contributed by atoms with Crippen molar-refractivity contribution >= 4 is 21.7 Å². The maximum Gasteiger partial charge on any atom is 0.159 e. The molecule has 0 spiro atoms. The first-order valence-corrected chi connectivity index (χ1v) is 6.34. The van der Waals surface area contributed by atoms with Gasteiger partial charge in [-0.3, -0.25) is 9.58 Å². The molecule has 1 aliphatic rings. The highest BCUT2D eigenvalue weighted by Gasteiger charge is 2.13. The van der Waals surface area contributed by atoms with E-state index >= 15 is 0 Å². The smallest absolute Gasteiger partial charge is 0.159 e. The van der Waals surface area contributed by atoms with Crippen molar-refractivity contribution in [2.75, 3.05) is 45.5 Å². The summed E-state index contributed by atoms with van der Waals surface area (Å²) in [5, 5.41) is 4.22. The molecular weight excluding hydrogens is 270 g/mol. The molecule has 16 heavy (non-hydrogen) atoms. The molecule has 5 nitrogen and oxygen atoms in total. The van der Waals surface area contributed by atoms with Gasteiger partial charge in [0.25, 0.3) is 0 Å². The lowest BCUT2D eigenvalue weighted by Gasteiger charge is -2.32. The van der Waals surface area contributed by atoms with Crippen LogP contribution in [0, 0.1) is 0 Å². The van der Waals surface area contributed by atoms with Crippen molar-refractivity contribution in [2.45, 2.75) is 6.54 Å². The lowest BCUT2D eigenvalue weighted by atomic mass is 10.3. The third-order valence-corrected chi connectivity index (χ3v) is 3.60. The van der Waals surface area contributed by atoms with Crippen LogP contribution in [0.2, 0.25) is 0 Å². The van der Waals surface area contributed by atoms with E-state index in [0.29, 0.717) is 5.82 Å². The van der Waals surface area contributed by atoms with Gasteiger partial charge in [-0.15, -0.1) is 0 Å². The fourth-order valence-electron chi connectivity index (χ4n) is 1.84. The van der Waals surface area contributed by atoms with Crippen LogP contribution in [0.4, 0.5) is 5.82 Å². The van der Waals surface area contributed by atoms with Gasteiger partial charge in [-0.2, -0.15) is 5.10 Å². The van der Waals surface area contributed by atoms with Gasteiger partial charge in [0, 0.05) is 38.9 Å². The highest BCUT2D eigenvalue weighted by atomic mass is 79.9. The summed E-state index contributed by atoms with van der Waals surface area (Å²) < 4.78 is 2.78. The number of anilines is 1. The molecule has 0 aliphatic carbocycles. The predicted octanol–water partition coefficient (Wildman–Crippen LogP) is 0.475. The molecule has 1 aliphatic heterocycles. The van der Waals surface area contributed by atoms with Crippen LogP contribution < -0.4 is 5.73 Å². The van der Waals surface area contributed by atoms with Crippen LogP contribution in [0.25, 0.3) is 0 Å². The van der Waals surface area contributed by atoms with Gasteiger partial charge in [-0.25, -0.2) is 0 Å². The summed E-state index contributed by atoms with van der Waals surface area (Å²) in [4.78, 5) is 4.82. The van der Waals surface area contributed by atoms with Gasteiger partial charge in [-0.1, -0.05) is 0 Å². The third kappa shape index (κ3) is 2.96. The molecule has 2 N–H and O–H groups in total. The highest BCUT2D eigenvalue weighted by Crippen LogP contribution is 2.16. The molecule has 0 atom stereocenters. The Kier molecular flexibility index (Phi) is 3.83. The molecule has 0 amide bonds. The van der Waals surface area contributed by atoms with Crippen molar-refractivity contribution in [2.24, 2.45) is 0 Å². The second-order valence-corrected chi connectivity index (χ2v) is 5.12. The minimum Gasteiger partial charge on any atom is -0.381 e. The maximum atomic E-state index is 5.67. The molecule has 0 unspecified atom stereocenters. The van der Waals surface area contributed by atoms with Gasteiger partial charge in [0.15, 0.2) is 5.82 Å². The molecule has 0 saturated carbocycles. The summed E-state index contributed by atoms with van der Waals surface area (Å²) in [5.41, 5.74) is 5.67. The van der Waals surface area contributed by atoms with Crippen molar-refractivity contribution in [3.63, 3.8) is 0 Å². The van der Waals surface area contributed by atoms with Crippen LogP contribution in [-0.2, 0) is 6.54 Å². The first-order chi connectivity index (χ1) is 7.65. The largest absolute Gasteiger partial charge is 0.381 e. The Morgan fingerprint density at radius 3 is 2.56 bits per heavy atom. The van der Waals surface area contributed by atoms with Crippen molar-refractivity contribution in [1.82, 2.24) is 19.6 Å². The van der Waals surface area contributed by atoms with Crippen LogP contribution >= 0.6 is 15.9 Å². The van der Waals surface area contributed by atoms with Gasteiger partial charge in [0.05, 0.1) is 11.0 Å². The third-order valence-electron chi connectivity index (χ3n) is 2.98. The van der Waals surface area contributed by atoms with E-state index < -0.39 is 0 Å². The number of aromatic nitrogens is 2. The number of rotatable bonds is 3. The topological polar surface area (TPSA) is 50.3 Å². The highest BCUT2D eigenvalue weighted by molar-refractivity contribution is 9.10. The minimum atomic E-state index is 0.568. The van der Waals surface area contributed by atoms with E-state index in [9.17, 15) is 0 Å². The van der Waals surface area contributed by atoms with Gasteiger partial charge >= 0.3 is 0 Å². The fourth-order valence-corrected chi connectivity index (χ4v) is 2.16. The summed E-state index contributed by atoms with van der Waals surface area (Å²) in [5.74, 6) is 0.568. The number of likely N-dealkylation sites (N-methyl/N-ethyl adjacent to an activating group) is 1. The second-order valence-electron chi connectivity index (χ2n) is 4.27. The molecule has 0 radical (unpaired) electrons. The first-order valence-electron chi connectivity index (χ1n) is 5.54. The lowest BCUT2D eigenvalue weighted by molar-refractivity contribution is 0.149. The Hall–Kier alpha value is -0.590. The van der Waals surface area contributed by atoms with E-state index in [0.717, 1.165) is 43.7 Å². The van der Waals surface area contributed by atoms with Crippen LogP contribution in [0.15, 0.2) is 10.7 Å². The number of hydrogen-bond acceptors (Lipinski definition) is 4. The Bertz CT molecular complexity index is 323. The van der Waals surface area contributed by atoms with Gasteiger partial charge in [0.2, 0.25) is 0 Å². The normalized spacial score (nSPS) is 19.1. The zero-order valence-corrected chi connectivity index (χ0v) is 11.2. The molecule has 2 heterocycles. The average Bonchev–Trinajstić information content (AvgIpc) is 2.58. The Morgan fingerprint density at radius 2 is 2.00 bits per heavy atom. The number of nitrogens with zero attached hydrogens (tertiary/aromatic N) is 4. The summed E-state index contributed by atoms with van der Waals surface area (Å²) in [6, 6.07) is 0. The van der Waals surface area contributed by atoms with Crippen LogP contribution in [0.5, 0.6) is 0 Å².